The summed E-state index contributed by atoms with van der Waals surface area (Å²) < 4.78 is 4.85. The van der Waals surface area contributed by atoms with E-state index >= 15 is 0 Å². The van der Waals surface area contributed by atoms with Crippen LogP contribution >= 0.6 is 11.8 Å². The molecular weight excluding hydrogens is 240 g/mol. The average molecular weight is 254 g/mol. The Morgan fingerprint density at radius 2 is 2.59 bits per heavy atom. The summed E-state index contributed by atoms with van der Waals surface area (Å²) in [6.45, 7) is 5.82. The summed E-state index contributed by atoms with van der Waals surface area (Å²) in [6, 6.07) is 1.91. The first-order valence-electron chi connectivity index (χ1n) is 5.23. The second kappa shape index (κ2) is 6.30. The first-order chi connectivity index (χ1) is 8.15. The van der Waals surface area contributed by atoms with E-state index in [-0.39, 0.29) is 12.5 Å². The molecular formula is C11H14N2O3S. The Morgan fingerprint density at radius 1 is 1.88 bits per heavy atom. The van der Waals surface area contributed by atoms with Crippen LogP contribution in [0.2, 0.25) is 0 Å². The van der Waals surface area contributed by atoms with Crippen LogP contribution in [0, 0.1) is 17.2 Å². The molecule has 0 radical (unpaired) electrons. The lowest BCUT2D eigenvalue weighted by atomic mass is 10.1. The fourth-order valence-electron chi connectivity index (χ4n) is 1.57. The van der Waals surface area contributed by atoms with Crippen molar-refractivity contribution in [3.05, 3.63) is 12.7 Å². The summed E-state index contributed by atoms with van der Waals surface area (Å²) in [7, 11) is 0. The third-order valence-electron chi connectivity index (χ3n) is 2.37. The molecule has 6 heteroatoms. The van der Waals surface area contributed by atoms with Gasteiger partial charge in [-0.25, -0.2) is 0 Å². The van der Waals surface area contributed by atoms with Gasteiger partial charge in [0.2, 0.25) is 5.91 Å². The van der Waals surface area contributed by atoms with Crippen LogP contribution in [-0.4, -0.2) is 41.1 Å². The van der Waals surface area contributed by atoms with E-state index in [9.17, 15) is 9.59 Å². The van der Waals surface area contributed by atoms with Crippen molar-refractivity contribution in [3.8, 4) is 6.07 Å². The van der Waals surface area contributed by atoms with Crippen LogP contribution < -0.4 is 0 Å². The van der Waals surface area contributed by atoms with Crippen LogP contribution in [0.4, 0.5) is 0 Å². The van der Waals surface area contributed by atoms with Crippen molar-refractivity contribution in [2.45, 2.75) is 12.3 Å². The summed E-state index contributed by atoms with van der Waals surface area (Å²) in [5.74, 6) is -1.27. The average Bonchev–Trinajstić information content (AvgIpc) is 2.69. The van der Waals surface area contributed by atoms with E-state index in [0.29, 0.717) is 12.3 Å². The van der Waals surface area contributed by atoms with E-state index in [2.05, 4.69) is 6.58 Å². The Hall–Kier alpha value is -1.48. The lowest BCUT2D eigenvalue weighted by Crippen LogP contribution is -2.40. The number of esters is 1. The van der Waals surface area contributed by atoms with E-state index < -0.39 is 17.3 Å². The molecule has 0 aliphatic carbocycles. The molecule has 92 valence electrons. The van der Waals surface area contributed by atoms with Gasteiger partial charge in [0, 0.05) is 6.54 Å². The van der Waals surface area contributed by atoms with Crippen LogP contribution in [0.5, 0.6) is 0 Å². The van der Waals surface area contributed by atoms with Crippen molar-refractivity contribution < 1.29 is 14.3 Å². The molecule has 0 spiro atoms. The Bertz CT molecular complexity index is 364. The maximum absolute atomic E-state index is 11.6. The SMILES string of the molecule is C=CCOC(=O)C(C#N)C1SCC(=O)N1CC. The third kappa shape index (κ3) is 3.01. The minimum Gasteiger partial charge on any atom is -0.460 e. The Balaban J connectivity index is 2.74. The quantitative estimate of drug-likeness (QED) is 0.535. The van der Waals surface area contributed by atoms with Gasteiger partial charge in [0.1, 0.15) is 12.0 Å². The predicted octanol–water partition coefficient (Wildman–Crippen LogP) is 0.777. The fraction of sp³-hybridized carbons (Fsp3) is 0.545. The van der Waals surface area contributed by atoms with Gasteiger partial charge in [-0.3, -0.25) is 9.59 Å². The highest BCUT2D eigenvalue weighted by Crippen LogP contribution is 2.30. The van der Waals surface area contributed by atoms with Crippen LogP contribution in [0.3, 0.4) is 0 Å². The Labute approximate surface area is 104 Å². The van der Waals surface area contributed by atoms with Gasteiger partial charge in [-0.05, 0) is 6.92 Å². The zero-order valence-electron chi connectivity index (χ0n) is 9.59. The zero-order chi connectivity index (χ0) is 12.8. The Morgan fingerprint density at radius 3 is 3.12 bits per heavy atom. The topological polar surface area (TPSA) is 70.4 Å². The van der Waals surface area contributed by atoms with Gasteiger partial charge in [-0.2, -0.15) is 5.26 Å². The molecule has 0 bridgehead atoms. The maximum Gasteiger partial charge on any atom is 0.326 e. The number of nitriles is 1. The number of hydrogen-bond donors (Lipinski definition) is 0. The number of carbonyl (C=O) groups excluding carboxylic acids is 2. The van der Waals surface area contributed by atoms with Crippen molar-refractivity contribution in [1.29, 1.82) is 5.26 Å². The van der Waals surface area contributed by atoms with Crippen molar-refractivity contribution in [2.24, 2.45) is 5.92 Å². The number of hydrogen-bond acceptors (Lipinski definition) is 5. The second-order valence-electron chi connectivity index (χ2n) is 3.41. The van der Waals surface area contributed by atoms with Crippen molar-refractivity contribution in [3.63, 3.8) is 0 Å². The largest absolute Gasteiger partial charge is 0.460 e. The molecule has 2 unspecified atom stereocenters. The molecule has 0 aromatic carbocycles. The molecule has 5 nitrogen and oxygen atoms in total. The second-order valence-corrected chi connectivity index (χ2v) is 4.51. The summed E-state index contributed by atoms with van der Waals surface area (Å²) in [5.41, 5.74) is 0. The van der Waals surface area contributed by atoms with Crippen LogP contribution in [-0.2, 0) is 14.3 Å². The minimum absolute atomic E-state index is 0.0423. The van der Waals surface area contributed by atoms with Crippen LogP contribution in [0.25, 0.3) is 0 Å². The standard InChI is InChI=1S/C11H14N2O3S/c1-3-5-16-11(15)8(6-12)10-13(4-2)9(14)7-17-10/h3,8,10H,1,4-5,7H2,2H3. The van der Waals surface area contributed by atoms with Crippen LogP contribution in [0.1, 0.15) is 6.92 Å². The van der Waals surface area contributed by atoms with Crippen LogP contribution in [0.15, 0.2) is 12.7 Å². The van der Waals surface area contributed by atoms with Gasteiger partial charge in [0.25, 0.3) is 0 Å². The van der Waals surface area contributed by atoms with E-state index in [1.54, 1.807) is 0 Å². The van der Waals surface area contributed by atoms with Gasteiger partial charge in [0.05, 0.1) is 11.8 Å². The smallest absolute Gasteiger partial charge is 0.326 e. The molecule has 0 N–H and O–H groups in total. The van der Waals surface area contributed by atoms with E-state index in [1.807, 2.05) is 13.0 Å². The number of thioether (sulfide) groups is 1. The molecule has 0 aromatic heterocycles. The van der Waals surface area contributed by atoms with E-state index in [0.717, 1.165) is 0 Å². The molecule has 17 heavy (non-hydrogen) atoms. The first-order valence-corrected chi connectivity index (χ1v) is 6.28. The zero-order valence-corrected chi connectivity index (χ0v) is 10.4. The molecule has 1 rings (SSSR count). The van der Waals surface area contributed by atoms with E-state index in [4.69, 9.17) is 10.00 Å². The molecule has 1 aliphatic rings. The summed E-state index contributed by atoms with van der Waals surface area (Å²) in [6.07, 6.45) is 1.44. The normalized spacial score (nSPS) is 20.8. The van der Waals surface area contributed by atoms with Gasteiger partial charge in [-0.15, -0.1) is 11.8 Å². The number of carbonyl (C=O) groups is 2. The maximum atomic E-state index is 11.6. The molecule has 1 fully saturated rings. The number of amides is 1. The van der Waals surface area contributed by atoms with Crippen molar-refractivity contribution in [2.75, 3.05) is 18.9 Å². The fourth-order valence-corrected chi connectivity index (χ4v) is 2.86. The number of ether oxygens (including phenoxy) is 1. The highest BCUT2D eigenvalue weighted by molar-refractivity contribution is 8.01. The first kappa shape index (κ1) is 13.6. The molecule has 1 saturated heterocycles. The van der Waals surface area contributed by atoms with Gasteiger partial charge in [0.15, 0.2) is 5.92 Å². The Kier molecular flexibility index (Phi) is 5.04. The summed E-state index contributed by atoms with van der Waals surface area (Å²) in [4.78, 5) is 24.7. The van der Waals surface area contributed by atoms with E-state index in [1.165, 1.54) is 22.7 Å². The van der Waals surface area contributed by atoms with Gasteiger partial charge < -0.3 is 9.64 Å². The highest BCUT2D eigenvalue weighted by Gasteiger charge is 2.40. The number of rotatable bonds is 5. The molecule has 1 amide bonds. The van der Waals surface area contributed by atoms with Gasteiger partial charge in [-0.1, -0.05) is 12.7 Å². The molecule has 2 atom stereocenters. The summed E-state index contributed by atoms with van der Waals surface area (Å²) in [5, 5.41) is 8.59. The van der Waals surface area contributed by atoms with Gasteiger partial charge >= 0.3 is 5.97 Å². The lowest BCUT2D eigenvalue weighted by molar-refractivity contribution is -0.146. The predicted molar refractivity (Wildman–Crippen MR) is 63.9 cm³/mol. The van der Waals surface area contributed by atoms with Crippen molar-refractivity contribution >= 4 is 23.6 Å². The molecule has 1 heterocycles. The highest BCUT2D eigenvalue weighted by atomic mass is 32.2. The van der Waals surface area contributed by atoms with Crippen molar-refractivity contribution in [1.82, 2.24) is 4.90 Å². The molecule has 0 saturated carbocycles. The molecule has 0 aromatic rings. The lowest BCUT2D eigenvalue weighted by Gasteiger charge is -2.24. The number of nitrogens with zero attached hydrogens (tertiary/aromatic N) is 2. The minimum atomic E-state index is -0.939. The molecule has 1 aliphatic heterocycles. The summed E-state index contributed by atoms with van der Waals surface area (Å²) >= 11 is 1.30. The monoisotopic (exact) mass is 254 g/mol. The third-order valence-corrected chi connectivity index (χ3v) is 3.65.